The molecule has 2 aromatic rings. The number of fused-ring (bicyclic) bond motifs is 1. The third-order valence-corrected chi connectivity index (χ3v) is 5.43. The van der Waals surface area contributed by atoms with Crippen molar-refractivity contribution in [2.75, 3.05) is 0 Å². The molecule has 1 saturated heterocycles. The molecule has 0 aliphatic carbocycles. The SMILES string of the molecule is [2H]C1CC(=O)NC(=O)[C@]1([2H])N1Cc2cc(C([2H])([2H])CC(=O)C(F)(F)c3ccc(Cl)cc3)ccc2C1=O. The van der Waals surface area contributed by atoms with Crippen molar-refractivity contribution in [3.05, 3.63) is 69.7 Å². The Morgan fingerprint density at radius 2 is 1.97 bits per heavy atom. The van der Waals surface area contributed by atoms with Crippen molar-refractivity contribution >= 4 is 35.1 Å². The molecule has 32 heavy (non-hydrogen) atoms. The molecule has 166 valence electrons. The number of nitrogens with zero attached hydrogens (tertiary/aromatic N) is 1. The zero-order valence-corrected chi connectivity index (χ0v) is 17.2. The fourth-order valence-corrected chi connectivity index (χ4v) is 3.62. The van der Waals surface area contributed by atoms with Gasteiger partial charge in [0.15, 0.2) is 0 Å². The van der Waals surface area contributed by atoms with E-state index in [-0.39, 0.29) is 28.3 Å². The second-order valence-electron chi connectivity index (χ2n) is 7.29. The van der Waals surface area contributed by atoms with Crippen molar-refractivity contribution in [1.82, 2.24) is 10.2 Å². The van der Waals surface area contributed by atoms with Gasteiger partial charge in [-0.2, -0.15) is 8.78 Å². The van der Waals surface area contributed by atoms with Crippen molar-refractivity contribution in [3.63, 3.8) is 0 Å². The average Bonchev–Trinajstić information content (AvgIpc) is 3.13. The second-order valence-corrected chi connectivity index (χ2v) is 7.73. The smallest absolute Gasteiger partial charge is 0.322 e. The van der Waals surface area contributed by atoms with E-state index in [0.29, 0.717) is 0 Å². The number of carbonyl (C=O) groups is 4. The molecule has 0 aromatic heterocycles. The van der Waals surface area contributed by atoms with E-state index in [0.717, 1.165) is 17.0 Å². The number of piperidine rings is 1. The lowest BCUT2D eigenvalue weighted by molar-refractivity contribution is -0.144. The highest BCUT2D eigenvalue weighted by Crippen LogP contribution is 2.32. The Hall–Kier alpha value is -3.13. The van der Waals surface area contributed by atoms with Gasteiger partial charge < -0.3 is 4.90 Å². The molecule has 4 rings (SSSR count). The molecule has 1 unspecified atom stereocenters. The number of alkyl halides is 2. The summed E-state index contributed by atoms with van der Waals surface area (Å²) in [6.45, 7) is -0.340. The fourth-order valence-electron chi connectivity index (χ4n) is 3.50. The standard InChI is InChI=1S/C23H19ClF2N2O4/c24-16-5-3-15(4-6-16)23(25,26)19(29)9-2-13-1-7-17-14(11-13)12-28(22(17)32)18-8-10-20(30)27-21(18)31/h1,3-7,11,18H,2,8-10,12H2,(H,27,30,31)/t18-/m1/s1/i2D2,8D,18D/t8?,18-. The molecule has 0 radical (unpaired) electrons. The number of rotatable bonds is 6. The van der Waals surface area contributed by atoms with Crippen LogP contribution in [-0.2, 0) is 33.2 Å². The van der Waals surface area contributed by atoms with Gasteiger partial charge >= 0.3 is 5.92 Å². The molecular formula is C23H19ClF2N2O4. The summed E-state index contributed by atoms with van der Waals surface area (Å²) in [5.74, 6) is -8.24. The van der Waals surface area contributed by atoms with Gasteiger partial charge in [-0.25, -0.2) is 0 Å². The number of carbonyl (C=O) groups excluding carboxylic acids is 4. The predicted molar refractivity (Wildman–Crippen MR) is 111 cm³/mol. The molecular weight excluding hydrogens is 442 g/mol. The van der Waals surface area contributed by atoms with Crippen molar-refractivity contribution < 1.29 is 33.4 Å². The summed E-state index contributed by atoms with van der Waals surface area (Å²) in [6, 6.07) is 5.58. The van der Waals surface area contributed by atoms with Crippen LogP contribution in [0.4, 0.5) is 8.78 Å². The Balaban J connectivity index is 1.58. The molecule has 0 bridgehead atoms. The van der Waals surface area contributed by atoms with Gasteiger partial charge in [-0.05, 0) is 42.1 Å². The van der Waals surface area contributed by atoms with Gasteiger partial charge in [0.1, 0.15) is 6.02 Å². The molecule has 0 spiro atoms. The Kier molecular flexibility index (Phi) is 4.59. The molecule has 2 aliphatic rings. The monoisotopic (exact) mass is 464 g/mol. The van der Waals surface area contributed by atoms with Crippen LogP contribution in [0, 0.1) is 0 Å². The van der Waals surface area contributed by atoms with Crippen molar-refractivity contribution in [2.24, 2.45) is 0 Å². The quantitative estimate of drug-likeness (QED) is 0.664. The van der Waals surface area contributed by atoms with Crippen molar-refractivity contribution in [2.45, 2.75) is 44.1 Å². The number of hydrogen-bond donors (Lipinski definition) is 1. The lowest BCUT2D eigenvalue weighted by Crippen LogP contribution is -2.52. The van der Waals surface area contributed by atoms with Crippen LogP contribution >= 0.6 is 11.6 Å². The molecule has 1 fully saturated rings. The molecule has 3 amide bonds. The van der Waals surface area contributed by atoms with Gasteiger partial charge in [0.05, 0.1) is 1.37 Å². The zero-order valence-electron chi connectivity index (χ0n) is 20.5. The average molecular weight is 465 g/mol. The van der Waals surface area contributed by atoms with Crippen LogP contribution in [0.2, 0.25) is 5.02 Å². The highest BCUT2D eigenvalue weighted by atomic mass is 35.5. The van der Waals surface area contributed by atoms with Gasteiger partial charge in [-0.15, -0.1) is 0 Å². The van der Waals surface area contributed by atoms with Gasteiger partial charge in [-0.1, -0.05) is 35.9 Å². The van der Waals surface area contributed by atoms with E-state index in [1.807, 2.05) is 5.32 Å². The van der Waals surface area contributed by atoms with Crippen LogP contribution < -0.4 is 5.32 Å². The zero-order chi connectivity index (χ0) is 26.6. The molecule has 0 saturated carbocycles. The first-order chi connectivity index (χ1) is 16.7. The van der Waals surface area contributed by atoms with Gasteiger partial charge in [-0.3, -0.25) is 24.5 Å². The number of benzene rings is 2. The first-order valence-corrected chi connectivity index (χ1v) is 9.95. The second kappa shape index (κ2) is 8.43. The van der Waals surface area contributed by atoms with E-state index in [2.05, 4.69) is 0 Å². The van der Waals surface area contributed by atoms with E-state index >= 15 is 0 Å². The van der Waals surface area contributed by atoms with Crippen molar-refractivity contribution in [3.8, 4) is 0 Å². The highest BCUT2D eigenvalue weighted by Gasteiger charge is 2.41. The maximum Gasteiger partial charge on any atom is 0.330 e. The van der Waals surface area contributed by atoms with Crippen LogP contribution in [0.3, 0.4) is 0 Å². The summed E-state index contributed by atoms with van der Waals surface area (Å²) < 4.78 is 62.5. The predicted octanol–water partition coefficient (Wildman–Crippen LogP) is 3.39. The van der Waals surface area contributed by atoms with Crippen LogP contribution in [0.1, 0.15) is 51.8 Å². The van der Waals surface area contributed by atoms with Gasteiger partial charge in [0, 0.05) is 39.6 Å². The van der Waals surface area contributed by atoms with Crippen molar-refractivity contribution in [1.29, 1.82) is 0 Å². The lowest BCUT2D eigenvalue weighted by atomic mass is 9.97. The van der Waals surface area contributed by atoms with Gasteiger partial charge in [0.25, 0.3) is 5.91 Å². The topological polar surface area (TPSA) is 83.6 Å². The molecule has 2 atom stereocenters. The maximum atomic E-state index is 14.7. The van der Waals surface area contributed by atoms with Crippen LogP contribution in [0.25, 0.3) is 0 Å². The summed E-state index contributed by atoms with van der Waals surface area (Å²) in [4.78, 5) is 50.1. The normalized spacial score (nSPS) is 25.4. The van der Waals surface area contributed by atoms with E-state index in [4.69, 9.17) is 17.1 Å². The lowest BCUT2D eigenvalue weighted by Gasteiger charge is -2.29. The molecule has 9 heteroatoms. The number of imide groups is 1. The number of ketones is 1. The number of Topliss-reactive ketones (excluding diaryl/α,β-unsaturated/α-hetero) is 1. The summed E-state index contributed by atoms with van der Waals surface area (Å²) in [6.07, 6.45) is -5.71. The minimum absolute atomic E-state index is 0.0379. The Morgan fingerprint density at radius 3 is 2.66 bits per heavy atom. The van der Waals surface area contributed by atoms with E-state index in [1.165, 1.54) is 30.3 Å². The van der Waals surface area contributed by atoms with E-state index in [1.54, 1.807) is 0 Å². The first kappa shape index (κ1) is 17.4. The third-order valence-electron chi connectivity index (χ3n) is 5.18. The fraction of sp³-hybridized carbons (Fsp3) is 0.304. The van der Waals surface area contributed by atoms with Crippen LogP contribution in [0.15, 0.2) is 42.5 Å². The van der Waals surface area contributed by atoms with Crippen LogP contribution in [-0.4, -0.2) is 34.4 Å². The van der Waals surface area contributed by atoms with Crippen LogP contribution in [0.5, 0.6) is 0 Å². The summed E-state index contributed by atoms with van der Waals surface area (Å²) in [5, 5.41) is 2.15. The first-order valence-electron chi connectivity index (χ1n) is 11.6. The number of amides is 3. The number of halogens is 3. The third kappa shape index (κ3) is 4.14. The summed E-state index contributed by atoms with van der Waals surface area (Å²) in [5.41, 5.74) is -0.545. The Morgan fingerprint density at radius 1 is 1.25 bits per heavy atom. The number of hydrogen-bond acceptors (Lipinski definition) is 4. The molecule has 2 heterocycles. The van der Waals surface area contributed by atoms with E-state index < -0.39 is 66.6 Å². The molecule has 6 nitrogen and oxygen atoms in total. The van der Waals surface area contributed by atoms with Gasteiger partial charge in [0.2, 0.25) is 17.6 Å². The number of nitrogens with one attached hydrogen (secondary N) is 1. The molecule has 2 aromatic carbocycles. The number of aryl methyl sites for hydroxylation is 1. The summed E-state index contributed by atoms with van der Waals surface area (Å²) >= 11 is 5.70. The minimum atomic E-state index is -3.96. The maximum absolute atomic E-state index is 14.7. The molecule has 1 N–H and O–H groups in total. The Labute approximate surface area is 193 Å². The molecule has 2 aliphatic heterocycles. The minimum Gasteiger partial charge on any atom is -0.322 e. The largest absolute Gasteiger partial charge is 0.330 e. The highest BCUT2D eigenvalue weighted by molar-refractivity contribution is 6.30. The Bertz CT molecular complexity index is 1290. The van der Waals surface area contributed by atoms with E-state index in [9.17, 15) is 28.0 Å². The summed E-state index contributed by atoms with van der Waals surface area (Å²) in [7, 11) is 0.